The van der Waals surface area contributed by atoms with E-state index in [4.69, 9.17) is 19.4 Å². The molecule has 0 spiro atoms. The molecule has 7 aromatic carbocycles. The minimum atomic E-state index is 0.635. The zero-order valence-electron chi connectivity index (χ0n) is 25.3. The fourth-order valence-corrected chi connectivity index (χ4v) is 6.25. The Morgan fingerprint density at radius 2 is 0.766 bits per heavy atom. The highest BCUT2D eigenvalue weighted by Crippen LogP contribution is 2.34. The van der Waals surface area contributed by atoms with Crippen molar-refractivity contribution in [1.29, 1.82) is 0 Å². The Morgan fingerprint density at radius 1 is 0.298 bits per heavy atom. The summed E-state index contributed by atoms with van der Waals surface area (Å²) in [5.41, 5.74) is 9.17. The summed E-state index contributed by atoms with van der Waals surface area (Å²) in [5, 5.41) is 4.70. The number of hydrogen-bond donors (Lipinski definition) is 0. The summed E-state index contributed by atoms with van der Waals surface area (Å²) >= 11 is 0. The van der Waals surface area contributed by atoms with Gasteiger partial charge in [-0.05, 0) is 57.3 Å². The van der Waals surface area contributed by atoms with Crippen LogP contribution in [-0.4, -0.2) is 15.0 Å². The number of rotatable bonds is 5. The van der Waals surface area contributed by atoms with Crippen molar-refractivity contribution in [3.05, 3.63) is 164 Å². The molecule has 0 aliphatic rings. The molecule has 9 aromatic rings. The van der Waals surface area contributed by atoms with Gasteiger partial charge < -0.3 is 4.42 Å². The van der Waals surface area contributed by atoms with Crippen molar-refractivity contribution >= 4 is 32.7 Å². The van der Waals surface area contributed by atoms with Gasteiger partial charge in [-0.2, -0.15) is 0 Å². The minimum Gasteiger partial charge on any atom is -0.456 e. The van der Waals surface area contributed by atoms with Crippen LogP contribution in [0.1, 0.15) is 0 Å². The van der Waals surface area contributed by atoms with Crippen molar-refractivity contribution in [3.8, 4) is 56.4 Å². The van der Waals surface area contributed by atoms with Gasteiger partial charge in [0.25, 0.3) is 0 Å². The number of benzene rings is 7. The van der Waals surface area contributed by atoms with Crippen LogP contribution >= 0.6 is 0 Å². The molecule has 220 valence electrons. The van der Waals surface area contributed by atoms with Gasteiger partial charge in [0.1, 0.15) is 11.2 Å². The summed E-state index contributed by atoms with van der Waals surface area (Å²) < 4.78 is 6.04. The molecule has 0 N–H and O–H groups in total. The third-order valence-corrected chi connectivity index (χ3v) is 8.75. The molecular weight excluding hydrogens is 574 g/mol. The summed E-state index contributed by atoms with van der Waals surface area (Å²) in [6, 6.07) is 56.5. The molecule has 2 heterocycles. The molecule has 47 heavy (non-hydrogen) atoms. The van der Waals surface area contributed by atoms with Crippen LogP contribution in [0, 0.1) is 0 Å². The highest BCUT2D eigenvalue weighted by molar-refractivity contribution is 6.06. The van der Waals surface area contributed by atoms with E-state index < -0.39 is 0 Å². The van der Waals surface area contributed by atoms with Gasteiger partial charge in [-0.15, -0.1) is 0 Å². The van der Waals surface area contributed by atoms with Gasteiger partial charge in [-0.1, -0.05) is 140 Å². The molecule has 0 saturated carbocycles. The lowest BCUT2D eigenvalue weighted by Gasteiger charge is -2.10. The summed E-state index contributed by atoms with van der Waals surface area (Å²) in [5.74, 6) is 1.92. The van der Waals surface area contributed by atoms with Crippen molar-refractivity contribution in [3.63, 3.8) is 0 Å². The first-order valence-corrected chi connectivity index (χ1v) is 15.7. The van der Waals surface area contributed by atoms with Crippen molar-refractivity contribution in [2.45, 2.75) is 0 Å². The standard InChI is InChI=1S/C43H27N3O/c1-2-9-31(10-3-1)41-44-42(32-19-14-29(15-20-32)35-23-18-28-8-4-5-11-34(28)26-35)46-43(45-41)33-21-16-30(17-22-33)36-24-25-40-38(27-36)37-12-6-7-13-39(37)47-40/h1-27H. The van der Waals surface area contributed by atoms with Crippen molar-refractivity contribution in [2.75, 3.05) is 0 Å². The molecule has 0 unspecified atom stereocenters. The Balaban J connectivity index is 1.08. The zero-order chi connectivity index (χ0) is 31.2. The second-order valence-electron chi connectivity index (χ2n) is 11.7. The smallest absolute Gasteiger partial charge is 0.164 e. The monoisotopic (exact) mass is 601 g/mol. The maximum atomic E-state index is 6.04. The summed E-state index contributed by atoms with van der Waals surface area (Å²) in [6.07, 6.45) is 0. The van der Waals surface area contributed by atoms with E-state index in [1.54, 1.807) is 0 Å². The Labute approximate surface area is 271 Å². The Hall–Kier alpha value is -6.39. The normalized spacial score (nSPS) is 11.4. The number of fused-ring (bicyclic) bond motifs is 4. The van der Waals surface area contributed by atoms with Crippen molar-refractivity contribution in [2.24, 2.45) is 0 Å². The molecular formula is C43H27N3O. The van der Waals surface area contributed by atoms with Gasteiger partial charge in [-0.3, -0.25) is 0 Å². The molecule has 0 amide bonds. The second kappa shape index (κ2) is 11.2. The number of hydrogen-bond acceptors (Lipinski definition) is 4. The van der Waals surface area contributed by atoms with E-state index in [-0.39, 0.29) is 0 Å². The molecule has 0 aliphatic carbocycles. The van der Waals surface area contributed by atoms with Crippen LogP contribution < -0.4 is 0 Å². The van der Waals surface area contributed by atoms with E-state index in [2.05, 4.69) is 109 Å². The average molecular weight is 602 g/mol. The first kappa shape index (κ1) is 27.0. The largest absolute Gasteiger partial charge is 0.456 e. The van der Waals surface area contributed by atoms with Crippen LogP contribution in [0.2, 0.25) is 0 Å². The third-order valence-electron chi connectivity index (χ3n) is 8.75. The Bertz CT molecular complexity index is 2550. The maximum Gasteiger partial charge on any atom is 0.164 e. The zero-order valence-corrected chi connectivity index (χ0v) is 25.3. The van der Waals surface area contributed by atoms with Gasteiger partial charge >= 0.3 is 0 Å². The molecule has 4 nitrogen and oxygen atoms in total. The maximum absolute atomic E-state index is 6.04. The average Bonchev–Trinajstić information content (AvgIpc) is 3.53. The Morgan fingerprint density at radius 3 is 1.45 bits per heavy atom. The molecule has 0 fully saturated rings. The van der Waals surface area contributed by atoms with E-state index in [0.29, 0.717) is 17.5 Å². The lowest BCUT2D eigenvalue weighted by molar-refractivity contribution is 0.669. The van der Waals surface area contributed by atoms with Crippen LogP contribution in [0.3, 0.4) is 0 Å². The summed E-state index contributed by atoms with van der Waals surface area (Å²) in [4.78, 5) is 14.8. The van der Waals surface area contributed by atoms with Crippen LogP contribution in [0.25, 0.3) is 89.1 Å². The number of nitrogens with zero attached hydrogens (tertiary/aromatic N) is 3. The summed E-state index contributed by atoms with van der Waals surface area (Å²) in [7, 11) is 0. The molecule has 0 bridgehead atoms. The highest BCUT2D eigenvalue weighted by Gasteiger charge is 2.14. The second-order valence-corrected chi connectivity index (χ2v) is 11.7. The van der Waals surface area contributed by atoms with E-state index in [0.717, 1.165) is 55.3 Å². The predicted octanol–water partition coefficient (Wildman–Crippen LogP) is 11.3. The van der Waals surface area contributed by atoms with Crippen molar-refractivity contribution < 1.29 is 4.42 Å². The lowest BCUT2D eigenvalue weighted by Crippen LogP contribution is -2.00. The molecule has 0 aliphatic heterocycles. The van der Waals surface area contributed by atoms with E-state index >= 15 is 0 Å². The van der Waals surface area contributed by atoms with Gasteiger partial charge in [0.15, 0.2) is 17.5 Å². The van der Waals surface area contributed by atoms with E-state index in [1.807, 2.05) is 54.6 Å². The quantitative estimate of drug-likeness (QED) is 0.197. The minimum absolute atomic E-state index is 0.635. The van der Waals surface area contributed by atoms with Crippen LogP contribution in [0.15, 0.2) is 168 Å². The molecule has 0 radical (unpaired) electrons. The summed E-state index contributed by atoms with van der Waals surface area (Å²) in [6.45, 7) is 0. The number of aromatic nitrogens is 3. The molecule has 4 heteroatoms. The van der Waals surface area contributed by atoms with Gasteiger partial charge in [0.2, 0.25) is 0 Å². The lowest BCUT2D eigenvalue weighted by atomic mass is 10.00. The highest BCUT2D eigenvalue weighted by atomic mass is 16.3. The number of para-hydroxylation sites is 1. The van der Waals surface area contributed by atoms with E-state index in [1.165, 1.54) is 16.3 Å². The van der Waals surface area contributed by atoms with Crippen LogP contribution in [0.5, 0.6) is 0 Å². The topological polar surface area (TPSA) is 51.8 Å². The number of furan rings is 1. The molecule has 2 aromatic heterocycles. The molecule has 0 saturated heterocycles. The van der Waals surface area contributed by atoms with Gasteiger partial charge in [-0.25, -0.2) is 15.0 Å². The predicted molar refractivity (Wildman–Crippen MR) is 192 cm³/mol. The first-order valence-electron chi connectivity index (χ1n) is 15.7. The van der Waals surface area contributed by atoms with Crippen LogP contribution in [0.4, 0.5) is 0 Å². The molecule has 0 atom stereocenters. The SMILES string of the molecule is c1ccc(-c2nc(-c3ccc(-c4ccc5ccccc5c4)cc3)nc(-c3ccc(-c4ccc5oc6ccccc6c5c4)cc3)n2)cc1. The fourth-order valence-electron chi connectivity index (χ4n) is 6.25. The van der Waals surface area contributed by atoms with Gasteiger partial charge in [0.05, 0.1) is 0 Å². The first-order chi connectivity index (χ1) is 23.2. The third kappa shape index (κ3) is 5.02. The van der Waals surface area contributed by atoms with Gasteiger partial charge in [0, 0.05) is 27.5 Å². The fraction of sp³-hybridized carbons (Fsp3) is 0. The van der Waals surface area contributed by atoms with Crippen molar-refractivity contribution in [1.82, 2.24) is 15.0 Å². The Kier molecular flexibility index (Phi) is 6.43. The van der Waals surface area contributed by atoms with Crippen LogP contribution in [-0.2, 0) is 0 Å². The van der Waals surface area contributed by atoms with E-state index in [9.17, 15) is 0 Å². The molecule has 9 rings (SSSR count).